The van der Waals surface area contributed by atoms with Gasteiger partial charge in [-0.2, -0.15) is 0 Å². The third-order valence-corrected chi connectivity index (χ3v) is 5.78. The smallest absolute Gasteiger partial charge is 0.237 e. The lowest BCUT2D eigenvalue weighted by atomic mass is 10.3. The molecule has 28 heavy (non-hydrogen) atoms. The van der Waals surface area contributed by atoms with Crippen LogP contribution < -0.4 is 10.1 Å². The number of halogens is 2. The second-order valence-electron chi connectivity index (χ2n) is 5.96. The molecule has 1 unspecified atom stereocenters. The SMILES string of the molecule is CC(Sc1nnc(COc2ccc(Cl)cc2)n1C)C(=O)Nc1ccc(Br)cc1. The second-order valence-corrected chi connectivity index (χ2v) is 8.62. The van der Waals surface area contributed by atoms with E-state index in [0.717, 1.165) is 10.2 Å². The van der Waals surface area contributed by atoms with Crippen molar-refractivity contribution in [3.8, 4) is 5.75 Å². The van der Waals surface area contributed by atoms with Crippen molar-refractivity contribution in [3.05, 3.63) is 63.9 Å². The highest BCUT2D eigenvalue weighted by Crippen LogP contribution is 2.24. The first kappa shape index (κ1) is 20.7. The van der Waals surface area contributed by atoms with E-state index in [1.165, 1.54) is 11.8 Å². The molecule has 0 bridgehead atoms. The van der Waals surface area contributed by atoms with Crippen molar-refractivity contribution >= 4 is 50.9 Å². The zero-order chi connectivity index (χ0) is 20.1. The quantitative estimate of drug-likeness (QED) is 0.485. The van der Waals surface area contributed by atoms with Gasteiger partial charge in [0, 0.05) is 22.2 Å². The number of rotatable bonds is 7. The number of benzene rings is 2. The van der Waals surface area contributed by atoms with Crippen LogP contribution >= 0.6 is 39.3 Å². The van der Waals surface area contributed by atoms with E-state index >= 15 is 0 Å². The maximum absolute atomic E-state index is 12.4. The molecule has 1 amide bonds. The molecular weight excluding hydrogens is 464 g/mol. The van der Waals surface area contributed by atoms with Crippen LogP contribution in [0.25, 0.3) is 0 Å². The number of nitrogens with one attached hydrogen (secondary N) is 1. The first-order valence-corrected chi connectivity index (χ1v) is 10.5. The van der Waals surface area contributed by atoms with Gasteiger partial charge in [0.15, 0.2) is 11.0 Å². The topological polar surface area (TPSA) is 69.0 Å². The zero-order valence-corrected chi connectivity index (χ0v) is 18.4. The zero-order valence-electron chi connectivity index (χ0n) is 15.2. The Labute approximate surface area is 180 Å². The molecule has 0 radical (unpaired) electrons. The maximum Gasteiger partial charge on any atom is 0.237 e. The maximum atomic E-state index is 12.4. The van der Waals surface area contributed by atoms with E-state index in [2.05, 4.69) is 31.4 Å². The molecule has 0 aliphatic heterocycles. The monoisotopic (exact) mass is 480 g/mol. The van der Waals surface area contributed by atoms with Crippen LogP contribution in [0.1, 0.15) is 12.7 Å². The first-order valence-electron chi connectivity index (χ1n) is 8.42. The van der Waals surface area contributed by atoms with Crippen LogP contribution in [0.5, 0.6) is 5.75 Å². The van der Waals surface area contributed by atoms with Gasteiger partial charge in [0.2, 0.25) is 5.91 Å². The predicted molar refractivity (Wildman–Crippen MR) is 115 cm³/mol. The van der Waals surface area contributed by atoms with Crippen molar-refractivity contribution in [3.63, 3.8) is 0 Å². The van der Waals surface area contributed by atoms with Gasteiger partial charge in [-0.15, -0.1) is 10.2 Å². The molecule has 0 aliphatic rings. The van der Waals surface area contributed by atoms with Crippen molar-refractivity contribution < 1.29 is 9.53 Å². The van der Waals surface area contributed by atoms with E-state index in [1.54, 1.807) is 24.3 Å². The van der Waals surface area contributed by atoms with Crippen molar-refractivity contribution in [2.75, 3.05) is 5.32 Å². The molecule has 1 aromatic heterocycles. The summed E-state index contributed by atoms with van der Waals surface area (Å²) in [5.41, 5.74) is 0.746. The number of hydrogen-bond donors (Lipinski definition) is 1. The molecule has 2 aromatic carbocycles. The molecule has 9 heteroatoms. The van der Waals surface area contributed by atoms with Gasteiger partial charge in [-0.25, -0.2) is 0 Å². The van der Waals surface area contributed by atoms with Gasteiger partial charge in [0.25, 0.3) is 0 Å². The van der Waals surface area contributed by atoms with Crippen LogP contribution in [0, 0.1) is 0 Å². The minimum Gasteiger partial charge on any atom is -0.486 e. The van der Waals surface area contributed by atoms with Gasteiger partial charge in [0.1, 0.15) is 12.4 Å². The second kappa shape index (κ2) is 9.45. The minimum absolute atomic E-state index is 0.103. The molecule has 3 aromatic rings. The van der Waals surface area contributed by atoms with Gasteiger partial charge >= 0.3 is 0 Å². The predicted octanol–water partition coefficient (Wildman–Crippen LogP) is 4.93. The largest absolute Gasteiger partial charge is 0.486 e. The Bertz CT molecular complexity index is 948. The molecule has 1 N–H and O–H groups in total. The number of nitrogens with zero attached hydrogens (tertiary/aromatic N) is 3. The summed E-state index contributed by atoms with van der Waals surface area (Å²) < 4.78 is 8.49. The molecule has 0 spiro atoms. The first-order chi connectivity index (χ1) is 13.4. The van der Waals surface area contributed by atoms with Gasteiger partial charge in [-0.1, -0.05) is 39.3 Å². The highest BCUT2D eigenvalue weighted by molar-refractivity contribution is 9.10. The molecular formula is C19H18BrClN4O2S. The summed E-state index contributed by atoms with van der Waals surface area (Å²) in [6, 6.07) is 14.6. The fourth-order valence-corrected chi connectivity index (χ4v) is 3.46. The average Bonchev–Trinajstić information content (AvgIpc) is 3.03. The number of aromatic nitrogens is 3. The third kappa shape index (κ3) is 5.50. The lowest BCUT2D eigenvalue weighted by Crippen LogP contribution is -2.22. The van der Waals surface area contributed by atoms with Crippen LogP contribution in [-0.2, 0) is 18.4 Å². The summed E-state index contributed by atoms with van der Waals surface area (Å²) in [6.45, 7) is 2.10. The molecule has 0 saturated heterocycles. The van der Waals surface area contributed by atoms with Crippen molar-refractivity contribution in [1.82, 2.24) is 14.8 Å². The van der Waals surface area contributed by atoms with E-state index in [4.69, 9.17) is 16.3 Å². The minimum atomic E-state index is -0.336. The van der Waals surface area contributed by atoms with E-state index in [0.29, 0.717) is 21.8 Å². The number of carbonyl (C=O) groups is 1. The number of carbonyl (C=O) groups excluding carboxylic acids is 1. The van der Waals surface area contributed by atoms with Crippen LogP contribution in [-0.4, -0.2) is 25.9 Å². The Balaban J connectivity index is 1.57. The average molecular weight is 482 g/mol. The lowest BCUT2D eigenvalue weighted by Gasteiger charge is -2.12. The summed E-state index contributed by atoms with van der Waals surface area (Å²) in [4.78, 5) is 12.4. The Morgan fingerprint density at radius 1 is 1.21 bits per heavy atom. The molecule has 6 nitrogen and oxygen atoms in total. The van der Waals surface area contributed by atoms with Crippen LogP contribution in [0.15, 0.2) is 58.2 Å². The van der Waals surface area contributed by atoms with E-state index < -0.39 is 0 Å². The molecule has 3 rings (SSSR count). The van der Waals surface area contributed by atoms with Crippen molar-refractivity contribution in [2.24, 2.45) is 7.05 Å². The lowest BCUT2D eigenvalue weighted by molar-refractivity contribution is -0.115. The summed E-state index contributed by atoms with van der Waals surface area (Å²) in [7, 11) is 1.85. The highest BCUT2D eigenvalue weighted by Gasteiger charge is 2.19. The molecule has 0 saturated carbocycles. The van der Waals surface area contributed by atoms with Gasteiger partial charge in [-0.3, -0.25) is 4.79 Å². The number of ether oxygens (including phenoxy) is 1. The fraction of sp³-hybridized carbons (Fsp3) is 0.211. The van der Waals surface area contributed by atoms with Crippen LogP contribution in [0.4, 0.5) is 5.69 Å². The number of anilines is 1. The Morgan fingerprint density at radius 3 is 2.57 bits per heavy atom. The summed E-state index contributed by atoms with van der Waals surface area (Å²) in [5, 5.41) is 12.2. The van der Waals surface area contributed by atoms with Gasteiger partial charge < -0.3 is 14.6 Å². The van der Waals surface area contributed by atoms with E-state index in [-0.39, 0.29) is 17.8 Å². The van der Waals surface area contributed by atoms with Crippen LogP contribution in [0.2, 0.25) is 5.02 Å². The third-order valence-electron chi connectivity index (χ3n) is 3.87. The molecule has 0 aliphatic carbocycles. The summed E-state index contributed by atoms with van der Waals surface area (Å²) in [6.07, 6.45) is 0. The molecule has 0 fully saturated rings. The summed E-state index contributed by atoms with van der Waals surface area (Å²) in [5.74, 6) is 1.26. The number of thioether (sulfide) groups is 1. The van der Waals surface area contributed by atoms with Gasteiger partial charge in [0.05, 0.1) is 5.25 Å². The van der Waals surface area contributed by atoms with E-state index in [9.17, 15) is 4.79 Å². The normalized spacial score (nSPS) is 11.9. The number of amides is 1. The Kier molecular flexibility index (Phi) is 6.98. The van der Waals surface area contributed by atoms with Crippen molar-refractivity contribution in [1.29, 1.82) is 0 Å². The summed E-state index contributed by atoms with van der Waals surface area (Å²) >= 11 is 10.6. The Hall–Kier alpha value is -2.03. The molecule has 1 heterocycles. The Morgan fingerprint density at radius 2 is 1.89 bits per heavy atom. The molecule has 146 valence electrons. The van der Waals surface area contributed by atoms with Crippen molar-refractivity contribution in [2.45, 2.75) is 23.9 Å². The van der Waals surface area contributed by atoms with Gasteiger partial charge in [-0.05, 0) is 55.5 Å². The highest BCUT2D eigenvalue weighted by atomic mass is 79.9. The van der Waals surface area contributed by atoms with Crippen LogP contribution in [0.3, 0.4) is 0 Å². The standard InChI is InChI=1S/C19H18BrClN4O2S/c1-12(18(26)22-15-7-3-13(20)4-8-15)28-19-24-23-17(25(19)2)11-27-16-9-5-14(21)6-10-16/h3-10,12H,11H2,1-2H3,(H,22,26). The fourth-order valence-electron chi connectivity index (χ4n) is 2.24. The van der Waals surface area contributed by atoms with E-state index in [1.807, 2.05) is 42.8 Å². The molecule has 1 atom stereocenters. The number of hydrogen-bond acceptors (Lipinski definition) is 5.